The van der Waals surface area contributed by atoms with E-state index in [0.717, 1.165) is 5.57 Å². The molecule has 0 aromatic carbocycles. The van der Waals surface area contributed by atoms with Crippen LogP contribution in [0.15, 0.2) is 71.4 Å². The van der Waals surface area contributed by atoms with Gasteiger partial charge in [-0.15, -0.1) is 11.6 Å². The fraction of sp³-hybridized carbons (Fsp3) is 0.562. The largest absolute Gasteiger partial charge is 0.481 e. The highest BCUT2D eigenvalue weighted by Gasteiger charge is 2.35. The molecule has 1 aliphatic carbocycles. The molecule has 0 amide bonds. The first-order chi connectivity index (χ1) is 20.7. The second kappa shape index (κ2) is 20.7. The zero-order valence-corrected chi connectivity index (χ0v) is 26.7. The van der Waals surface area contributed by atoms with Gasteiger partial charge in [-0.05, 0) is 32.3 Å². The van der Waals surface area contributed by atoms with Gasteiger partial charge in [0.1, 0.15) is 12.2 Å². The van der Waals surface area contributed by atoms with Crippen molar-refractivity contribution in [3.63, 3.8) is 0 Å². The summed E-state index contributed by atoms with van der Waals surface area (Å²) in [5.41, 5.74) is 0.814. The van der Waals surface area contributed by atoms with Crippen LogP contribution in [-0.2, 0) is 14.3 Å². The Morgan fingerprint density at radius 2 is 1.59 bits per heavy atom. The molecule has 1 saturated carbocycles. The van der Waals surface area contributed by atoms with Crippen molar-refractivity contribution in [2.24, 2.45) is 11.8 Å². The molecule has 1 fully saturated rings. The minimum atomic E-state index is -1.63. The lowest BCUT2D eigenvalue weighted by Crippen LogP contribution is -2.44. The monoisotopic (exact) mass is 660 g/mol. The zero-order chi connectivity index (χ0) is 33.4. The van der Waals surface area contributed by atoms with Gasteiger partial charge in [0.25, 0.3) is 0 Å². The van der Waals surface area contributed by atoms with Crippen LogP contribution in [0.25, 0.3) is 0 Å². The van der Waals surface area contributed by atoms with Crippen LogP contribution in [0.2, 0.25) is 0 Å². The molecule has 7 N–H and O–H groups in total. The molecule has 44 heavy (non-hydrogen) atoms. The van der Waals surface area contributed by atoms with Crippen molar-refractivity contribution in [1.29, 1.82) is 0 Å². The Labute approximate surface area is 269 Å². The highest BCUT2D eigenvalue weighted by molar-refractivity contribution is 6.30. The molecule has 0 aliphatic heterocycles. The molecule has 12 heteroatoms. The van der Waals surface area contributed by atoms with E-state index in [1.807, 2.05) is 13.8 Å². The van der Waals surface area contributed by atoms with E-state index in [0.29, 0.717) is 12.8 Å². The first-order valence-corrected chi connectivity index (χ1v) is 15.4. The predicted octanol–water partition coefficient (Wildman–Crippen LogP) is 3.29. The number of carbonyl (C=O) groups is 2. The summed E-state index contributed by atoms with van der Waals surface area (Å²) in [4.78, 5) is 23.2. The number of hydrogen-bond acceptors (Lipinski definition) is 9. The lowest BCUT2D eigenvalue weighted by atomic mass is 9.85. The van der Waals surface area contributed by atoms with Gasteiger partial charge in [-0.1, -0.05) is 79.6 Å². The van der Waals surface area contributed by atoms with Crippen LogP contribution in [0.1, 0.15) is 52.9 Å². The Balaban J connectivity index is 2.60. The quantitative estimate of drug-likeness (QED) is 0.0401. The zero-order valence-electron chi connectivity index (χ0n) is 25.2. The van der Waals surface area contributed by atoms with E-state index in [4.69, 9.17) is 33.0 Å². The van der Waals surface area contributed by atoms with E-state index in [-0.39, 0.29) is 24.3 Å². The highest BCUT2D eigenvalue weighted by atomic mass is 35.5. The van der Waals surface area contributed by atoms with Crippen molar-refractivity contribution in [2.75, 3.05) is 0 Å². The molecule has 0 radical (unpaired) electrons. The van der Waals surface area contributed by atoms with Crippen molar-refractivity contribution in [1.82, 2.24) is 0 Å². The van der Waals surface area contributed by atoms with E-state index in [9.17, 15) is 40.2 Å². The number of alkyl halides is 1. The predicted molar refractivity (Wildman–Crippen MR) is 169 cm³/mol. The Morgan fingerprint density at radius 3 is 2.23 bits per heavy atom. The summed E-state index contributed by atoms with van der Waals surface area (Å²) in [6.07, 6.45) is 7.79. The Hall–Kier alpha value is -2.28. The van der Waals surface area contributed by atoms with Crippen LogP contribution < -0.4 is 0 Å². The van der Waals surface area contributed by atoms with Gasteiger partial charge < -0.3 is 40.5 Å². The minimum absolute atomic E-state index is 0.0705. The molecular weight excluding hydrogens is 615 g/mol. The number of hydrogen-bond donors (Lipinski definition) is 7. The fourth-order valence-corrected chi connectivity index (χ4v) is 4.76. The third-order valence-electron chi connectivity index (χ3n) is 7.24. The molecule has 0 spiro atoms. The number of carbonyl (C=O) groups excluding carboxylic acids is 1. The van der Waals surface area contributed by atoms with Gasteiger partial charge in [0, 0.05) is 29.9 Å². The van der Waals surface area contributed by atoms with Crippen molar-refractivity contribution in [3.05, 3.63) is 71.4 Å². The average Bonchev–Trinajstić information content (AvgIpc) is 2.99. The van der Waals surface area contributed by atoms with Gasteiger partial charge in [0.05, 0.1) is 41.8 Å². The Bertz CT molecular complexity index is 1080. The summed E-state index contributed by atoms with van der Waals surface area (Å²) in [7, 11) is 0. The number of aliphatic hydroxyl groups is 6. The molecule has 1 rings (SSSR count). The topological polar surface area (TPSA) is 185 Å². The van der Waals surface area contributed by atoms with Gasteiger partial charge in [-0.3, -0.25) is 4.79 Å². The lowest BCUT2D eigenvalue weighted by molar-refractivity contribution is -0.159. The number of aliphatic hydroxyl groups excluding tert-OH is 6. The highest BCUT2D eigenvalue weighted by Crippen LogP contribution is 2.27. The van der Waals surface area contributed by atoms with E-state index >= 15 is 0 Å². The number of rotatable bonds is 17. The van der Waals surface area contributed by atoms with E-state index in [1.54, 1.807) is 43.4 Å². The molecule has 0 aromatic rings. The first-order valence-electron chi connectivity index (χ1n) is 14.6. The summed E-state index contributed by atoms with van der Waals surface area (Å²) in [6, 6.07) is 0. The number of esters is 1. The van der Waals surface area contributed by atoms with Crippen LogP contribution in [0.5, 0.6) is 0 Å². The van der Waals surface area contributed by atoms with Crippen molar-refractivity contribution >= 4 is 35.1 Å². The summed E-state index contributed by atoms with van der Waals surface area (Å²) in [5, 5.41) is 69.7. The molecular formula is C32H46Cl2O10. The van der Waals surface area contributed by atoms with Gasteiger partial charge in [0.2, 0.25) is 0 Å². The number of carboxylic acids is 1. The van der Waals surface area contributed by atoms with Gasteiger partial charge in [0.15, 0.2) is 0 Å². The van der Waals surface area contributed by atoms with Gasteiger partial charge >= 0.3 is 11.9 Å². The average molecular weight is 662 g/mol. The summed E-state index contributed by atoms with van der Waals surface area (Å²) in [6.45, 7) is 5.24. The molecule has 10 nitrogen and oxygen atoms in total. The maximum atomic E-state index is 12.0. The van der Waals surface area contributed by atoms with Gasteiger partial charge in [-0.25, -0.2) is 4.79 Å². The second-order valence-corrected chi connectivity index (χ2v) is 11.8. The number of ether oxygens (including phenoxy) is 1. The maximum Gasteiger partial charge on any atom is 0.331 e. The Kier molecular flexibility index (Phi) is 18.7. The fourth-order valence-electron chi connectivity index (χ4n) is 4.37. The normalized spacial score (nSPS) is 25.3. The van der Waals surface area contributed by atoms with Crippen molar-refractivity contribution in [3.8, 4) is 0 Å². The van der Waals surface area contributed by atoms with Gasteiger partial charge in [-0.2, -0.15) is 0 Å². The van der Waals surface area contributed by atoms with E-state index in [1.165, 1.54) is 24.3 Å². The van der Waals surface area contributed by atoms with Crippen LogP contribution >= 0.6 is 23.2 Å². The standard InChI is InChI=1S/C32H46Cl2O10/c1-4-5-13-24(36)29(34)25(37)18-26(38)31(41)30(40)20(3)22(33)12-8-6-10-19(2)11-7-9-14-28(39)44-27-17-21(32(42)43)15-16-23(27)35/h5-14,20-21,23-27,29-31,35-38,40-41H,4,15-18H2,1-3H3,(H,42,43)/b8-6+,11-7+,13-5+,14-9+,19-10+,22-12-/t20-,21+,23+,24-,25-,26?,27-,29-,30-,31-/m1/s1. The number of halogens is 2. The molecule has 1 unspecified atom stereocenters. The third kappa shape index (κ3) is 14.2. The smallest absolute Gasteiger partial charge is 0.331 e. The molecule has 0 bridgehead atoms. The maximum absolute atomic E-state index is 12.0. The number of carboxylic acid groups (broad SMARTS) is 1. The SMILES string of the molecule is CC/C=C/[C@@H](O)[C@@H](Cl)[C@H](O)CC(O)[C@@H](O)[C@H](O)[C@H](C)/C(Cl)=C/C=C/C=C(C)/C=C/C=C/C(=O)O[C@@H]1C[C@@H](C(=O)O)CC[C@@H]1O. The van der Waals surface area contributed by atoms with Crippen LogP contribution in [0.3, 0.4) is 0 Å². The molecule has 0 saturated heterocycles. The molecule has 10 atom stereocenters. The number of allylic oxidation sites excluding steroid dienone is 9. The van der Waals surface area contributed by atoms with Crippen molar-refractivity contribution < 1.29 is 50.1 Å². The molecule has 248 valence electrons. The number of aliphatic carboxylic acids is 1. The van der Waals surface area contributed by atoms with Crippen molar-refractivity contribution in [2.45, 2.75) is 101 Å². The summed E-state index contributed by atoms with van der Waals surface area (Å²) < 4.78 is 5.21. The lowest BCUT2D eigenvalue weighted by Gasteiger charge is -2.30. The molecule has 0 heterocycles. The Morgan fingerprint density at radius 1 is 0.955 bits per heavy atom. The van der Waals surface area contributed by atoms with Crippen LogP contribution in [0.4, 0.5) is 0 Å². The minimum Gasteiger partial charge on any atom is -0.481 e. The second-order valence-electron chi connectivity index (χ2n) is 10.9. The van der Waals surface area contributed by atoms with E-state index < -0.39 is 71.9 Å². The summed E-state index contributed by atoms with van der Waals surface area (Å²) in [5.74, 6) is -3.06. The van der Waals surface area contributed by atoms with Crippen LogP contribution in [-0.4, -0.2) is 95.8 Å². The molecule has 0 aromatic heterocycles. The van der Waals surface area contributed by atoms with Crippen LogP contribution in [0, 0.1) is 11.8 Å². The first kappa shape index (κ1) is 39.7. The van der Waals surface area contributed by atoms with E-state index in [2.05, 4.69) is 0 Å². The third-order valence-corrected chi connectivity index (χ3v) is 8.26. The molecule has 1 aliphatic rings. The summed E-state index contributed by atoms with van der Waals surface area (Å²) >= 11 is 12.3.